The Kier molecular flexibility index (Phi) is 4.08. The van der Waals surface area contributed by atoms with Crippen LogP contribution in [0.25, 0.3) is 0 Å². The van der Waals surface area contributed by atoms with Crippen molar-refractivity contribution in [2.75, 3.05) is 6.61 Å². The fourth-order valence-corrected chi connectivity index (χ4v) is 2.68. The van der Waals surface area contributed by atoms with Gasteiger partial charge in [0.25, 0.3) is 0 Å². The highest BCUT2D eigenvalue weighted by molar-refractivity contribution is 5.78. The van der Waals surface area contributed by atoms with E-state index < -0.39 is 0 Å². The van der Waals surface area contributed by atoms with Crippen LogP contribution in [0.2, 0.25) is 0 Å². The van der Waals surface area contributed by atoms with Gasteiger partial charge in [0.05, 0.1) is 12.5 Å². The van der Waals surface area contributed by atoms with Crippen molar-refractivity contribution in [3.05, 3.63) is 48.0 Å². The Labute approximate surface area is 115 Å². The lowest BCUT2D eigenvalue weighted by Crippen LogP contribution is -2.10. The zero-order chi connectivity index (χ0) is 13.9. The molecule has 1 aromatic rings. The van der Waals surface area contributed by atoms with Gasteiger partial charge in [-0.05, 0) is 30.2 Å². The van der Waals surface area contributed by atoms with E-state index in [0.29, 0.717) is 12.5 Å². The van der Waals surface area contributed by atoms with Crippen molar-refractivity contribution < 1.29 is 9.53 Å². The van der Waals surface area contributed by atoms with Crippen molar-refractivity contribution >= 4 is 5.97 Å². The first-order chi connectivity index (χ1) is 9.07. The molecule has 0 spiro atoms. The summed E-state index contributed by atoms with van der Waals surface area (Å²) >= 11 is 0. The second kappa shape index (κ2) is 5.60. The van der Waals surface area contributed by atoms with Crippen LogP contribution in [0, 0.1) is 17.3 Å². The average molecular weight is 258 g/mol. The zero-order valence-corrected chi connectivity index (χ0v) is 11.9. The quantitative estimate of drug-likeness (QED) is 0.595. The van der Waals surface area contributed by atoms with Gasteiger partial charge in [-0.15, -0.1) is 0 Å². The van der Waals surface area contributed by atoms with Crippen molar-refractivity contribution in [1.29, 1.82) is 0 Å². The number of allylic oxidation sites excluding steroid dienone is 2. The molecule has 2 atom stereocenters. The molecule has 19 heavy (non-hydrogen) atoms. The molecule has 102 valence electrons. The van der Waals surface area contributed by atoms with Crippen molar-refractivity contribution in [3.8, 4) is 0 Å². The predicted molar refractivity (Wildman–Crippen MR) is 76.7 cm³/mol. The van der Waals surface area contributed by atoms with Crippen LogP contribution < -0.4 is 0 Å². The maximum Gasteiger partial charge on any atom is 0.310 e. The highest BCUT2D eigenvalue weighted by Crippen LogP contribution is 2.59. The van der Waals surface area contributed by atoms with Gasteiger partial charge in [-0.3, -0.25) is 4.79 Å². The van der Waals surface area contributed by atoms with Crippen molar-refractivity contribution in [1.82, 2.24) is 0 Å². The van der Waals surface area contributed by atoms with Gasteiger partial charge < -0.3 is 4.74 Å². The summed E-state index contributed by atoms with van der Waals surface area (Å²) < 4.78 is 5.12. The molecule has 2 unspecified atom stereocenters. The van der Waals surface area contributed by atoms with Crippen LogP contribution in [0.15, 0.2) is 42.5 Å². The number of benzene rings is 1. The third-order valence-corrected chi connectivity index (χ3v) is 3.99. The van der Waals surface area contributed by atoms with E-state index >= 15 is 0 Å². The molecule has 0 heterocycles. The Hall–Kier alpha value is -1.57. The molecule has 2 rings (SSSR count). The second-order valence-electron chi connectivity index (χ2n) is 5.69. The van der Waals surface area contributed by atoms with E-state index in [4.69, 9.17) is 4.74 Å². The third-order valence-electron chi connectivity index (χ3n) is 3.99. The molecule has 2 nitrogen and oxygen atoms in total. The van der Waals surface area contributed by atoms with Gasteiger partial charge in [0.1, 0.15) is 0 Å². The van der Waals surface area contributed by atoms with E-state index in [1.54, 1.807) is 0 Å². The summed E-state index contributed by atoms with van der Waals surface area (Å²) in [5, 5.41) is 0. The largest absolute Gasteiger partial charge is 0.466 e. The van der Waals surface area contributed by atoms with Crippen molar-refractivity contribution in [2.45, 2.75) is 27.2 Å². The van der Waals surface area contributed by atoms with Gasteiger partial charge in [0, 0.05) is 0 Å². The Morgan fingerprint density at radius 2 is 2.00 bits per heavy atom. The molecule has 1 aliphatic carbocycles. The van der Waals surface area contributed by atoms with E-state index in [1.165, 1.54) is 5.56 Å². The summed E-state index contributed by atoms with van der Waals surface area (Å²) in [5.74, 6) is 0.289. The van der Waals surface area contributed by atoms with Crippen LogP contribution in [0.5, 0.6) is 0 Å². The molecule has 0 bridgehead atoms. The molecule has 1 aromatic carbocycles. The third kappa shape index (κ3) is 3.06. The van der Waals surface area contributed by atoms with E-state index in [2.05, 4.69) is 38.1 Å². The summed E-state index contributed by atoms with van der Waals surface area (Å²) in [7, 11) is 0. The second-order valence-corrected chi connectivity index (χ2v) is 5.69. The Morgan fingerprint density at radius 1 is 1.32 bits per heavy atom. The minimum Gasteiger partial charge on any atom is -0.466 e. The van der Waals surface area contributed by atoms with E-state index in [1.807, 2.05) is 25.1 Å². The predicted octanol–water partition coefficient (Wildman–Crippen LogP) is 3.62. The summed E-state index contributed by atoms with van der Waals surface area (Å²) in [4.78, 5) is 11.8. The summed E-state index contributed by atoms with van der Waals surface area (Å²) in [6.45, 7) is 6.58. The molecule has 0 N–H and O–H groups in total. The van der Waals surface area contributed by atoms with Crippen molar-refractivity contribution in [3.63, 3.8) is 0 Å². The molecule has 0 saturated heterocycles. The number of ether oxygens (including phenoxy) is 1. The Bertz CT molecular complexity index is 459. The molecule has 2 heteroatoms. The van der Waals surface area contributed by atoms with Crippen LogP contribution in [0.4, 0.5) is 0 Å². The average Bonchev–Trinajstić information content (AvgIpc) is 2.93. The maximum absolute atomic E-state index is 11.8. The minimum absolute atomic E-state index is 0.0273. The lowest BCUT2D eigenvalue weighted by atomic mass is 10.1. The van der Waals surface area contributed by atoms with Gasteiger partial charge in [0.15, 0.2) is 0 Å². The van der Waals surface area contributed by atoms with Gasteiger partial charge in [-0.2, -0.15) is 0 Å². The summed E-state index contributed by atoms with van der Waals surface area (Å²) in [5.41, 5.74) is 1.34. The normalized spacial score (nSPS) is 24.4. The highest BCUT2D eigenvalue weighted by Gasteiger charge is 2.61. The van der Waals surface area contributed by atoms with Crippen LogP contribution in [-0.4, -0.2) is 12.6 Å². The topological polar surface area (TPSA) is 26.3 Å². The molecule has 1 fully saturated rings. The van der Waals surface area contributed by atoms with Crippen LogP contribution in [-0.2, 0) is 16.0 Å². The minimum atomic E-state index is -0.0538. The standard InChI is InChI=1S/C17H22O2/c1-4-19-16(18)15-14(17(15,2)3)12-8-11-13-9-6-5-7-10-13/h5-10,12,14-15H,4,11H2,1-3H3. The molecule has 1 aliphatic rings. The maximum atomic E-state index is 11.8. The van der Waals surface area contributed by atoms with Crippen LogP contribution >= 0.6 is 0 Å². The zero-order valence-electron chi connectivity index (χ0n) is 11.9. The number of hydrogen-bond acceptors (Lipinski definition) is 2. The monoisotopic (exact) mass is 258 g/mol. The molecule has 0 radical (unpaired) electrons. The van der Waals surface area contributed by atoms with Crippen molar-refractivity contribution in [2.24, 2.45) is 17.3 Å². The molecular formula is C17H22O2. The number of rotatable bonds is 5. The smallest absolute Gasteiger partial charge is 0.310 e. The fourth-order valence-electron chi connectivity index (χ4n) is 2.68. The van der Waals surface area contributed by atoms with E-state index in [0.717, 1.165) is 6.42 Å². The summed E-state index contributed by atoms with van der Waals surface area (Å²) in [6, 6.07) is 10.3. The van der Waals surface area contributed by atoms with Crippen LogP contribution in [0.1, 0.15) is 26.3 Å². The first-order valence-corrected chi connectivity index (χ1v) is 6.94. The first kappa shape index (κ1) is 13.9. The molecule has 1 saturated carbocycles. The van der Waals surface area contributed by atoms with Gasteiger partial charge in [-0.25, -0.2) is 0 Å². The molecule has 0 amide bonds. The number of esters is 1. The van der Waals surface area contributed by atoms with E-state index in [-0.39, 0.29) is 17.3 Å². The molecular weight excluding hydrogens is 236 g/mol. The number of carbonyl (C=O) groups is 1. The lowest BCUT2D eigenvalue weighted by Gasteiger charge is -2.01. The Morgan fingerprint density at radius 3 is 2.63 bits per heavy atom. The highest BCUT2D eigenvalue weighted by atomic mass is 16.5. The number of hydrogen-bond donors (Lipinski definition) is 0. The fraction of sp³-hybridized carbons (Fsp3) is 0.471. The number of carbonyl (C=O) groups excluding carboxylic acids is 1. The summed E-state index contributed by atoms with van der Waals surface area (Å²) in [6.07, 6.45) is 5.26. The van der Waals surface area contributed by atoms with Gasteiger partial charge in [0.2, 0.25) is 0 Å². The Balaban J connectivity index is 1.91. The van der Waals surface area contributed by atoms with Gasteiger partial charge >= 0.3 is 5.97 Å². The lowest BCUT2D eigenvalue weighted by molar-refractivity contribution is -0.145. The SMILES string of the molecule is CCOC(=O)C1C(C=CCc2ccccc2)C1(C)C. The van der Waals surface area contributed by atoms with Gasteiger partial charge in [-0.1, -0.05) is 56.3 Å². The van der Waals surface area contributed by atoms with E-state index in [9.17, 15) is 4.79 Å². The van der Waals surface area contributed by atoms with Crippen LogP contribution in [0.3, 0.4) is 0 Å². The first-order valence-electron chi connectivity index (χ1n) is 6.94. The molecule has 0 aliphatic heterocycles. The molecule has 0 aromatic heterocycles.